The minimum absolute atomic E-state index is 0.0476. The largest absolute Gasteiger partial charge is 0.508 e. The summed E-state index contributed by atoms with van der Waals surface area (Å²) in [6.07, 6.45) is 1.28. The number of sulfonamides is 2. The van der Waals surface area contributed by atoms with E-state index >= 15 is 0 Å². The normalized spacial score (nSPS) is 17.3. The Morgan fingerprint density at radius 2 is 1.01 bits per heavy atom. The molecule has 0 amide bonds. The van der Waals surface area contributed by atoms with Crippen LogP contribution in [0, 0.1) is 0 Å². The van der Waals surface area contributed by atoms with Gasteiger partial charge in [0.1, 0.15) is 19.9 Å². The highest BCUT2D eigenvalue weighted by atomic mass is 79.9. The Bertz CT molecular complexity index is 2770. The number of hydrogen-bond donors (Lipinski definition) is 3. The van der Waals surface area contributed by atoms with Crippen molar-refractivity contribution in [3.63, 3.8) is 0 Å². The average molecular weight is 1210 g/mol. The van der Waals surface area contributed by atoms with Gasteiger partial charge in [0.25, 0.3) is 20.0 Å². The first-order valence-electron chi connectivity index (χ1n) is 22.2. The lowest BCUT2D eigenvalue weighted by atomic mass is 9.97. The van der Waals surface area contributed by atoms with Crippen molar-refractivity contribution < 1.29 is 36.9 Å². The first-order chi connectivity index (χ1) is 32.6. The molecular formula is C49H58BBr3N4O8S4. The van der Waals surface area contributed by atoms with Crippen LogP contribution in [-0.2, 0) is 44.1 Å². The summed E-state index contributed by atoms with van der Waals surface area (Å²) in [6, 6.07) is 37.4. The van der Waals surface area contributed by atoms with E-state index in [4.69, 9.17) is 4.74 Å². The van der Waals surface area contributed by atoms with Crippen LogP contribution in [0.3, 0.4) is 0 Å². The van der Waals surface area contributed by atoms with Crippen LogP contribution in [0.2, 0.25) is 0 Å². The predicted octanol–water partition coefficient (Wildman–Crippen LogP) is 10.1. The SMILES string of the molecule is BrB(Br)Br.CC(C)(O)c1ccc(N2CCN(S(=O)(=O)c3cccs3)CC2Cc2cccc(O)c2)cc1.COc1cccc(CC2CN(S(=O)(=O)c3cccs3)CCN2c2ccc(C(C)(C)O)cc2)c1. The summed E-state index contributed by atoms with van der Waals surface area (Å²) in [5, 5.41) is 34.0. The lowest BCUT2D eigenvalue weighted by molar-refractivity contribution is 0.0780. The van der Waals surface area contributed by atoms with Gasteiger partial charge in [-0.15, -0.1) is 69.9 Å². The summed E-state index contributed by atoms with van der Waals surface area (Å²) < 4.78 is 62.3. The first-order valence-corrected chi connectivity index (χ1v) is 29.5. The summed E-state index contributed by atoms with van der Waals surface area (Å²) in [5.41, 5.74) is 3.87. The van der Waals surface area contributed by atoms with E-state index in [2.05, 4.69) is 57.1 Å². The minimum Gasteiger partial charge on any atom is -0.508 e. The third-order valence-corrected chi connectivity index (χ3v) is 18.3. The Balaban J connectivity index is 0.000000211. The zero-order valence-electron chi connectivity index (χ0n) is 39.0. The maximum Gasteiger partial charge on any atom is 0.369 e. The predicted molar refractivity (Wildman–Crippen MR) is 293 cm³/mol. The Hall–Kier alpha value is -3.28. The fraction of sp³-hybridized carbons (Fsp3) is 0.347. The fourth-order valence-corrected chi connectivity index (χ4v) is 13.6. The number of methoxy groups -OCH3 is 1. The quantitative estimate of drug-likeness (QED) is 0.0954. The topological polar surface area (TPSA) is 151 Å². The van der Waals surface area contributed by atoms with Gasteiger partial charge in [-0.25, -0.2) is 16.8 Å². The molecule has 2 saturated heterocycles. The molecule has 0 bridgehead atoms. The van der Waals surface area contributed by atoms with E-state index in [1.54, 1.807) is 96.6 Å². The van der Waals surface area contributed by atoms with Crippen molar-refractivity contribution in [1.82, 2.24) is 8.61 Å². The van der Waals surface area contributed by atoms with Crippen molar-refractivity contribution in [2.45, 2.75) is 72.2 Å². The van der Waals surface area contributed by atoms with E-state index in [1.165, 1.54) is 22.7 Å². The Morgan fingerprint density at radius 3 is 1.38 bits per heavy atom. The molecule has 2 aliphatic heterocycles. The number of phenolic OH excluding ortho intramolecular Hbond substituents is 1. The Labute approximate surface area is 440 Å². The third-order valence-electron chi connectivity index (χ3n) is 11.9. The zero-order chi connectivity index (χ0) is 50.1. The number of anilines is 2. The molecule has 2 aromatic heterocycles. The minimum atomic E-state index is -3.54. The molecule has 370 valence electrons. The molecule has 4 heterocycles. The van der Waals surface area contributed by atoms with Gasteiger partial charge in [-0.05, 0) is 134 Å². The van der Waals surface area contributed by atoms with Crippen LogP contribution in [0.25, 0.3) is 0 Å². The van der Waals surface area contributed by atoms with Crippen molar-refractivity contribution in [2.24, 2.45) is 0 Å². The van der Waals surface area contributed by atoms with Gasteiger partial charge < -0.3 is 29.9 Å². The number of thiophene rings is 2. The molecule has 4 aromatic carbocycles. The third kappa shape index (κ3) is 14.9. The van der Waals surface area contributed by atoms with E-state index in [9.17, 15) is 32.2 Å². The van der Waals surface area contributed by atoms with Gasteiger partial charge in [-0.3, -0.25) is 0 Å². The highest BCUT2D eigenvalue weighted by Gasteiger charge is 2.37. The number of ether oxygens (including phenoxy) is 1. The van der Waals surface area contributed by atoms with Crippen LogP contribution in [0.5, 0.6) is 11.5 Å². The lowest BCUT2D eigenvalue weighted by Crippen LogP contribution is -2.55. The lowest BCUT2D eigenvalue weighted by Gasteiger charge is -2.42. The van der Waals surface area contributed by atoms with E-state index in [1.807, 2.05) is 78.9 Å². The molecule has 8 rings (SSSR count). The number of halogens is 3. The van der Waals surface area contributed by atoms with Gasteiger partial charge in [0, 0.05) is 62.7 Å². The summed E-state index contributed by atoms with van der Waals surface area (Å²) in [4.78, 5) is 4.49. The molecule has 0 spiro atoms. The van der Waals surface area contributed by atoms with Gasteiger partial charge in [0.05, 0.1) is 18.3 Å². The number of benzene rings is 4. The molecule has 2 fully saturated rings. The maximum absolute atomic E-state index is 13.2. The Kier molecular flexibility index (Phi) is 19.1. The second-order valence-electron chi connectivity index (χ2n) is 17.7. The van der Waals surface area contributed by atoms with E-state index in [0.29, 0.717) is 60.5 Å². The first kappa shape index (κ1) is 55.0. The number of hydrogen-bond acceptors (Lipinski definition) is 12. The molecule has 69 heavy (non-hydrogen) atoms. The summed E-state index contributed by atoms with van der Waals surface area (Å²) in [5.74, 6) is 0.981. The average Bonchev–Trinajstić information content (AvgIpc) is 4.06. The second kappa shape index (κ2) is 24.0. The summed E-state index contributed by atoms with van der Waals surface area (Å²) in [6.45, 7) is 9.72. The summed E-state index contributed by atoms with van der Waals surface area (Å²) in [7, 11) is -5.42. The number of rotatable bonds is 13. The standard InChI is InChI=1S/C25H30N2O4S2.C24H28N2O4S2.BBr3/c1-25(2,28)20-9-11-21(12-10-20)27-14-13-26(33(29,30)24-8-5-15-32-24)18-22(27)16-19-6-4-7-23(17-19)31-3;1-24(2,28)19-8-10-20(11-9-19)26-13-12-25(32(29,30)23-7-4-14-31-23)17-21(26)15-18-5-3-6-22(27)16-18;2-1(3)4/h4-12,15,17,22,28H,13-14,16,18H2,1-3H3;3-11,14,16,21,27-28H,12-13,15,17H2,1-2H3;. The van der Waals surface area contributed by atoms with Gasteiger partial charge in [0.2, 0.25) is 0 Å². The molecule has 3 N–H and O–H groups in total. The molecule has 0 radical (unpaired) electrons. The Morgan fingerprint density at radius 1 is 0.609 bits per heavy atom. The molecule has 2 aliphatic rings. The number of phenols is 1. The van der Waals surface area contributed by atoms with Gasteiger partial charge in [0.15, 0.2) is 0 Å². The summed E-state index contributed by atoms with van der Waals surface area (Å²) >= 11 is 11.8. The molecule has 12 nitrogen and oxygen atoms in total. The van der Waals surface area contributed by atoms with Crippen LogP contribution in [-0.4, -0.2) is 102 Å². The van der Waals surface area contributed by atoms with Crippen molar-refractivity contribution in [3.8, 4) is 11.5 Å². The van der Waals surface area contributed by atoms with Crippen LogP contribution in [0.4, 0.5) is 11.4 Å². The van der Waals surface area contributed by atoms with Crippen LogP contribution in [0.1, 0.15) is 49.9 Å². The van der Waals surface area contributed by atoms with E-state index < -0.39 is 31.2 Å². The van der Waals surface area contributed by atoms with Crippen molar-refractivity contribution in [3.05, 3.63) is 154 Å². The smallest absolute Gasteiger partial charge is 0.369 e. The van der Waals surface area contributed by atoms with E-state index in [0.717, 1.165) is 39.4 Å². The fourth-order valence-electron chi connectivity index (χ4n) is 8.34. The highest BCUT2D eigenvalue weighted by molar-refractivity contribution is 9.69. The monoisotopic (exact) mass is 1210 g/mol. The van der Waals surface area contributed by atoms with Gasteiger partial charge >= 0.3 is 3.18 Å². The molecular weight excluding hydrogens is 1150 g/mol. The zero-order valence-corrected chi connectivity index (χ0v) is 47.1. The molecule has 0 aliphatic carbocycles. The molecule has 6 aromatic rings. The second-order valence-corrected chi connectivity index (χ2v) is 30.3. The van der Waals surface area contributed by atoms with Crippen LogP contribution < -0.4 is 14.5 Å². The number of aliphatic hydroxyl groups is 2. The number of aromatic hydroxyl groups is 1. The van der Waals surface area contributed by atoms with Gasteiger partial charge in [-0.1, -0.05) is 60.7 Å². The van der Waals surface area contributed by atoms with E-state index in [-0.39, 0.29) is 21.0 Å². The van der Waals surface area contributed by atoms with Crippen molar-refractivity contribution in [2.75, 3.05) is 56.2 Å². The van der Waals surface area contributed by atoms with Crippen LogP contribution in [0.15, 0.2) is 141 Å². The molecule has 2 unspecified atom stereocenters. The molecule has 0 saturated carbocycles. The van der Waals surface area contributed by atoms with Crippen LogP contribution >= 0.6 is 69.9 Å². The number of nitrogens with zero attached hydrogens (tertiary/aromatic N) is 4. The van der Waals surface area contributed by atoms with Gasteiger partial charge in [-0.2, -0.15) is 8.61 Å². The maximum atomic E-state index is 13.2. The van der Waals surface area contributed by atoms with Crippen molar-refractivity contribution in [1.29, 1.82) is 0 Å². The molecule has 2 atom stereocenters. The number of piperazine rings is 2. The molecule has 20 heteroatoms. The van der Waals surface area contributed by atoms with Crippen molar-refractivity contribution >= 4 is 105 Å². The highest BCUT2D eigenvalue weighted by Crippen LogP contribution is 2.33.